The Morgan fingerprint density at radius 1 is 1.20 bits per heavy atom. The fourth-order valence-electron chi connectivity index (χ4n) is 4.50. The first kappa shape index (κ1) is 26.7. The number of fused-ring (bicyclic) bond motifs is 1. The van der Waals surface area contributed by atoms with E-state index in [2.05, 4.69) is 67.0 Å². The largest absolute Gasteiger partial charge is 0.358 e. The van der Waals surface area contributed by atoms with Gasteiger partial charge in [0.15, 0.2) is 0 Å². The van der Waals surface area contributed by atoms with Crippen LogP contribution in [0.5, 0.6) is 0 Å². The quantitative estimate of drug-likeness (QED) is 0.436. The monoisotopic (exact) mass is 416 g/mol. The molecular formula is C27H48N2O. The van der Waals surface area contributed by atoms with Gasteiger partial charge in [-0.05, 0) is 52.0 Å². The van der Waals surface area contributed by atoms with Crippen LogP contribution in [0.4, 0.5) is 0 Å². The molecule has 3 aliphatic rings. The minimum absolute atomic E-state index is 0.253. The number of nitrogens with zero attached hydrogens (tertiary/aromatic N) is 2. The zero-order valence-electron chi connectivity index (χ0n) is 20.9. The van der Waals surface area contributed by atoms with Crippen molar-refractivity contribution in [2.24, 2.45) is 5.92 Å². The third kappa shape index (κ3) is 7.74. The van der Waals surface area contributed by atoms with Gasteiger partial charge in [0.05, 0.1) is 6.61 Å². The molecule has 1 aliphatic carbocycles. The number of hydrogen-bond donors (Lipinski definition) is 0. The van der Waals surface area contributed by atoms with Crippen molar-refractivity contribution in [1.82, 2.24) is 9.80 Å². The zero-order chi connectivity index (χ0) is 22.4. The molecule has 30 heavy (non-hydrogen) atoms. The van der Waals surface area contributed by atoms with Gasteiger partial charge in [-0.1, -0.05) is 70.6 Å². The second-order valence-electron chi connectivity index (χ2n) is 7.92. The number of ether oxygens (including phenoxy) is 1. The Hall–Kier alpha value is -1.32. The molecule has 0 spiro atoms. The summed E-state index contributed by atoms with van der Waals surface area (Å²) in [4.78, 5) is 5.26. The molecule has 3 unspecified atom stereocenters. The molecule has 0 aromatic rings. The fourth-order valence-corrected chi connectivity index (χ4v) is 4.50. The lowest BCUT2D eigenvalue weighted by Gasteiger charge is -2.52. The summed E-state index contributed by atoms with van der Waals surface area (Å²) in [6.07, 6.45) is 19.6. The molecule has 0 aromatic heterocycles. The first-order valence-corrected chi connectivity index (χ1v) is 12.5. The number of allylic oxidation sites excluding steroid dienone is 6. The van der Waals surface area contributed by atoms with Crippen LogP contribution in [-0.4, -0.2) is 48.3 Å². The zero-order valence-corrected chi connectivity index (χ0v) is 20.9. The minimum Gasteiger partial charge on any atom is -0.358 e. The number of hydrogen-bond acceptors (Lipinski definition) is 3. The van der Waals surface area contributed by atoms with Crippen LogP contribution in [0.3, 0.4) is 0 Å². The molecule has 0 N–H and O–H groups in total. The Morgan fingerprint density at radius 2 is 1.97 bits per heavy atom. The third-order valence-corrected chi connectivity index (χ3v) is 5.97. The first-order chi connectivity index (χ1) is 14.7. The summed E-state index contributed by atoms with van der Waals surface area (Å²) in [5, 5.41) is 0. The first-order valence-electron chi connectivity index (χ1n) is 12.5. The number of likely N-dealkylation sites (tertiary alicyclic amines) is 1. The van der Waals surface area contributed by atoms with E-state index in [9.17, 15) is 0 Å². The lowest BCUT2D eigenvalue weighted by Crippen LogP contribution is -2.59. The topological polar surface area (TPSA) is 15.7 Å². The summed E-state index contributed by atoms with van der Waals surface area (Å²) < 4.78 is 6.29. The fraction of sp³-hybridized carbons (Fsp3) is 0.704. The lowest BCUT2D eigenvalue weighted by molar-refractivity contribution is -0.150. The molecule has 0 amide bonds. The minimum atomic E-state index is 0.253. The second-order valence-corrected chi connectivity index (χ2v) is 7.92. The maximum Gasteiger partial charge on any atom is 0.130 e. The molecule has 172 valence electrons. The van der Waals surface area contributed by atoms with Gasteiger partial charge in [0.25, 0.3) is 0 Å². The SMILES string of the molecule is C/C=C\C=C(/C)CCN1CCC2C(COC(CC)N2C2=CCCC=C2)C1.CC.CC. The molecule has 0 saturated carbocycles. The van der Waals surface area contributed by atoms with E-state index in [1.54, 1.807) is 0 Å². The summed E-state index contributed by atoms with van der Waals surface area (Å²) in [5.41, 5.74) is 2.87. The van der Waals surface area contributed by atoms with E-state index in [0.29, 0.717) is 12.0 Å². The molecule has 2 heterocycles. The molecule has 2 fully saturated rings. The van der Waals surface area contributed by atoms with E-state index in [0.717, 1.165) is 19.4 Å². The molecule has 2 aliphatic heterocycles. The summed E-state index contributed by atoms with van der Waals surface area (Å²) in [7, 11) is 0. The molecule has 0 aromatic carbocycles. The second kappa shape index (κ2) is 15.5. The molecule has 3 rings (SSSR count). The Balaban J connectivity index is 0.00000106. The van der Waals surface area contributed by atoms with Crippen LogP contribution >= 0.6 is 0 Å². The van der Waals surface area contributed by atoms with Gasteiger partial charge in [-0.3, -0.25) is 0 Å². The summed E-state index contributed by atoms with van der Waals surface area (Å²) >= 11 is 0. The van der Waals surface area contributed by atoms with Gasteiger partial charge in [0, 0.05) is 37.3 Å². The van der Waals surface area contributed by atoms with Crippen molar-refractivity contribution in [1.29, 1.82) is 0 Å². The number of rotatable bonds is 6. The van der Waals surface area contributed by atoms with Gasteiger partial charge in [-0.2, -0.15) is 0 Å². The van der Waals surface area contributed by atoms with E-state index < -0.39 is 0 Å². The highest BCUT2D eigenvalue weighted by atomic mass is 16.5. The summed E-state index contributed by atoms with van der Waals surface area (Å²) in [6.45, 7) is 19.0. The smallest absolute Gasteiger partial charge is 0.130 e. The maximum absolute atomic E-state index is 6.29. The van der Waals surface area contributed by atoms with Crippen molar-refractivity contribution in [3.05, 3.63) is 47.7 Å². The predicted octanol–water partition coefficient (Wildman–Crippen LogP) is 6.94. The van der Waals surface area contributed by atoms with Crippen molar-refractivity contribution in [3.8, 4) is 0 Å². The average molecular weight is 417 g/mol. The maximum atomic E-state index is 6.29. The van der Waals surface area contributed by atoms with Crippen LogP contribution in [0.1, 0.15) is 80.6 Å². The third-order valence-electron chi connectivity index (χ3n) is 5.97. The molecule has 3 heteroatoms. The Labute approximate surface area is 187 Å². The molecule has 0 radical (unpaired) electrons. The van der Waals surface area contributed by atoms with Gasteiger partial charge in [-0.15, -0.1) is 0 Å². The van der Waals surface area contributed by atoms with Crippen LogP contribution in [-0.2, 0) is 4.74 Å². The van der Waals surface area contributed by atoms with Gasteiger partial charge < -0.3 is 14.5 Å². The van der Waals surface area contributed by atoms with Gasteiger partial charge in [0.1, 0.15) is 6.23 Å². The Bertz CT molecular complexity index is 575. The number of piperidine rings is 1. The standard InChI is InChI=1S/C23H36N2O.2C2H6/c1-4-6-10-19(3)13-15-24-16-14-22-20(17-24)18-26-23(5-2)25(22)21-11-8-7-9-12-21;2*1-2/h4,6,8,10-12,20,22-23H,5,7,9,13-18H2,1-3H3;2*1-2H3/b6-4-,19-10+;;. The molecule has 0 bridgehead atoms. The molecule has 3 nitrogen and oxygen atoms in total. The van der Waals surface area contributed by atoms with Crippen LogP contribution < -0.4 is 0 Å². The predicted molar refractivity (Wildman–Crippen MR) is 133 cm³/mol. The van der Waals surface area contributed by atoms with Crippen molar-refractivity contribution >= 4 is 0 Å². The van der Waals surface area contributed by atoms with Crippen LogP contribution in [0.25, 0.3) is 0 Å². The van der Waals surface area contributed by atoms with E-state index in [1.165, 1.54) is 50.2 Å². The van der Waals surface area contributed by atoms with Gasteiger partial charge >= 0.3 is 0 Å². The molecule has 3 atom stereocenters. The lowest BCUT2D eigenvalue weighted by atomic mass is 9.88. The van der Waals surface area contributed by atoms with Crippen molar-refractivity contribution in [2.45, 2.75) is 92.8 Å². The highest BCUT2D eigenvalue weighted by molar-refractivity contribution is 5.23. The van der Waals surface area contributed by atoms with Crippen molar-refractivity contribution in [3.63, 3.8) is 0 Å². The van der Waals surface area contributed by atoms with Gasteiger partial charge in [0.2, 0.25) is 0 Å². The van der Waals surface area contributed by atoms with Crippen LogP contribution in [0, 0.1) is 5.92 Å². The van der Waals surface area contributed by atoms with E-state index in [4.69, 9.17) is 4.74 Å². The Morgan fingerprint density at radius 3 is 2.60 bits per heavy atom. The van der Waals surface area contributed by atoms with Crippen LogP contribution in [0.15, 0.2) is 47.7 Å². The van der Waals surface area contributed by atoms with E-state index >= 15 is 0 Å². The van der Waals surface area contributed by atoms with Crippen molar-refractivity contribution in [2.75, 3.05) is 26.2 Å². The van der Waals surface area contributed by atoms with Crippen LogP contribution in [0.2, 0.25) is 0 Å². The molecular weight excluding hydrogens is 368 g/mol. The van der Waals surface area contributed by atoms with Gasteiger partial charge in [-0.25, -0.2) is 0 Å². The average Bonchev–Trinajstić information content (AvgIpc) is 2.83. The van der Waals surface area contributed by atoms with E-state index in [-0.39, 0.29) is 6.23 Å². The normalized spacial score (nSPS) is 26.9. The summed E-state index contributed by atoms with van der Waals surface area (Å²) in [5.74, 6) is 0.627. The summed E-state index contributed by atoms with van der Waals surface area (Å²) in [6, 6.07) is 0.638. The molecule has 2 saturated heterocycles. The highest BCUT2D eigenvalue weighted by Gasteiger charge is 2.40. The highest BCUT2D eigenvalue weighted by Crippen LogP contribution is 2.35. The Kier molecular flexibility index (Phi) is 13.8. The van der Waals surface area contributed by atoms with Crippen molar-refractivity contribution < 1.29 is 4.74 Å². The van der Waals surface area contributed by atoms with E-state index in [1.807, 2.05) is 27.7 Å².